The number of alkyl halides is 3. The fourth-order valence-corrected chi connectivity index (χ4v) is 2.11. The Morgan fingerprint density at radius 3 is 2.42 bits per heavy atom. The maximum Gasteiger partial charge on any atom is 0.405 e. The molecular weight excluding hydrogens is 375 g/mol. The number of ether oxygens (including phenoxy) is 1. The summed E-state index contributed by atoms with van der Waals surface area (Å²) in [5.41, 5.74) is 0.458. The second-order valence-corrected chi connectivity index (χ2v) is 5.65. The minimum Gasteiger partial charge on any atom is -0.486 e. The summed E-state index contributed by atoms with van der Waals surface area (Å²) in [6, 6.07) is 7.92. The lowest BCUT2D eigenvalue weighted by Gasteiger charge is -2.06. The first-order valence-electron chi connectivity index (χ1n) is 7.37. The van der Waals surface area contributed by atoms with Gasteiger partial charge in [0.05, 0.1) is 0 Å². The van der Waals surface area contributed by atoms with Crippen LogP contribution in [0.2, 0.25) is 5.02 Å². The van der Waals surface area contributed by atoms with E-state index in [1.165, 1.54) is 13.1 Å². The molecule has 0 unspecified atom stereocenters. The molecule has 0 aliphatic carbocycles. The standard InChI is InChI=1S/C16H15ClF3N3O3/c1-21-15(25)13-12(26-7-9-2-4-10(17)5-3-9)6-11(23-13)14(24)22-8-16(18,19)20/h2-6,23H,7-8H2,1H3,(H,21,25)(H,22,24). The molecule has 140 valence electrons. The number of hydrogen-bond acceptors (Lipinski definition) is 3. The first-order chi connectivity index (χ1) is 12.2. The topological polar surface area (TPSA) is 83.2 Å². The summed E-state index contributed by atoms with van der Waals surface area (Å²) in [6.45, 7) is -1.41. The average Bonchev–Trinajstić information content (AvgIpc) is 3.02. The van der Waals surface area contributed by atoms with Crippen LogP contribution in [-0.4, -0.2) is 36.6 Å². The molecule has 6 nitrogen and oxygen atoms in total. The van der Waals surface area contributed by atoms with E-state index in [0.717, 1.165) is 5.56 Å². The molecule has 2 rings (SSSR count). The Balaban J connectivity index is 2.15. The van der Waals surface area contributed by atoms with Gasteiger partial charge >= 0.3 is 6.18 Å². The van der Waals surface area contributed by atoms with E-state index in [4.69, 9.17) is 16.3 Å². The van der Waals surface area contributed by atoms with Gasteiger partial charge in [-0.25, -0.2) is 0 Å². The molecule has 0 aliphatic heterocycles. The maximum absolute atomic E-state index is 12.2. The normalized spacial score (nSPS) is 11.1. The molecule has 0 bridgehead atoms. The Bertz CT molecular complexity index is 788. The molecule has 0 radical (unpaired) electrons. The summed E-state index contributed by atoms with van der Waals surface area (Å²) in [4.78, 5) is 26.2. The van der Waals surface area contributed by atoms with Crippen LogP contribution in [0, 0.1) is 0 Å². The van der Waals surface area contributed by atoms with E-state index in [1.807, 2.05) is 0 Å². The molecule has 1 heterocycles. The van der Waals surface area contributed by atoms with Gasteiger partial charge in [-0.1, -0.05) is 23.7 Å². The predicted molar refractivity (Wildman–Crippen MR) is 88.4 cm³/mol. The highest BCUT2D eigenvalue weighted by atomic mass is 35.5. The third kappa shape index (κ3) is 5.41. The summed E-state index contributed by atoms with van der Waals surface area (Å²) in [6.07, 6.45) is -4.54. The summed E-state index contributed by atoms with van der Waals surface area (Å²) in [5.74, 6) is -1.55. The van der Waals surface area contributed by atoms with Crippen molar-refractivity contribution in [2.24, 2.45) is 0 Å². The van der Waals surface area contributed by atoms with Crippen molar-refractivity contribution in [1.82, 2.24) is 15.6 Å². The monoisotopic (exact) mass is 389 g/mol. The number of nitrogens with one attached hydrogen (secondary N) is 3. The molecule has 0 saturated carbocycles. The molecule has 0 spiro atoms. The highest BCUT2D eigenvalue weighted by Gasteiger charge is 2.29. The number of hydrogen-bond donors (Lipinski definition) is 3. The maximum atomic E-state index is 12.2. The number of benzene rings is 1. The molecule has 1 aromatic carbocycles. The van der Waals surface area contributed by atoms with Gasteiger partial charge in [0, 0.05) is 18.1 Å². The largest absolute Gasteiger partial charge is 0.486 e. The van der Waals surface area contributed by atoms with Gasteiger partial charge in [0.15, 0.2) is 5.75 Å². The average molecular weight is 390 g/mol. The first-order valence-corrected chi connectivity index (χ1v) is 7.74. The molecule has 0 fully saturated rings. The second kappa shape index (κ2) is 8.13. The van der Waals surface area contributed by atoms with Crippen LogP contribution >= 0.6 is 11.6 Å². The van der Waals surface area contributed by atoms with Gasteiger partial charge in [-0.2, -0.15) is 13.2 Å². The predicted octanol–water partition coefficient (Wildman–Crippen LogP) is 2.90. The van der Waals surface area contributed by atoms with Gasteiger partial charge in [0.1, 0.15) is 24.5 Å². The number of amides is 2. The third-order valence-corrected chi connectivity index (χ3v) is 3.49. The lowest BCUT2D eigenvalue weighted by molar-refractivity contribution is -0.123. The summed E-state index contributed by atoms with van der Waals surface area (Å²) >= 11 is 5.79. The Morgan fingerprint density at radius 1 is 1.19 bits per heavy atom. The number of rotatable bonds is 6. The SMILES string of the molecule is CNC(=O)c1[nH]c(C(=O)NCC(F)(F)F)cc1OCc1ccc(Cl)cc1. The van der Waals surface area contributed by atoms with E-state index in [9.17, 15) is 22.8 Å². The van der Waals surface area contributed by atoms with Crippen molar-refractivity contribution < 1.29 is 27.5 Å². The van der Waals surface area contributed by atoms with Gasteiger partial charge in [-0.3, -0.25) is 9.59 Å². The van der Waals surface area contributed by atoms with Crippen LogP contribution in [0.5, 0.6) is 5.75 Å². The lowest BCUT2D eigenvalue weighted by atomic mass is 10.2. The van der Waals surface area contributed by atoms with Crippen molar-refractivity contribution in [2.45, 2.75) is 12.8 Å². The number of carbonyl (C=O) groups is 2. The van der Waals surface area contributed by atoms with E-state index < -0.39 is 24.5 Å². The number of aromatic nitrogens is 1. The van der Waals surface area contributed by atoms with Crippen LogP contribution in [0.4, 0.5) is 13.2 Å². The van der Waals surface area contributed by atoms with Gasteiger partial charge in [0.2, 0.25) is 0 Å². The van der Waals surface area contributed by atoms with Gasteiger partial charge in [0.25, 0.3) is 11.8 Å². The van der Waals surface area contributed by atoms with Crippen LogP contribution in [0.15, 0.2) is 30.3 Å². The van der Waals surface area contributed by atoms with E-state index in [1.54, 1.807) is 29.6 Å². The van der Waals surface area contributed by atoms with Crippen molar-refractivity contribution in [3.63, 3.8) is 0 Å². The fraction of sp³-hybridized carbons (Fsp3) is 0.250. The molecule has 2 aromatic rings. The Morgan fingerprint density at radius 2 is 1.85 bits per heavy atom. The van der Waals surface area contributed by atoms with Crippen LogP contribution in [0.1, 0.15) is 26.5 Å². The second-order valence-electron chi connectivity index (χ2n) is 5.21. The number of carbonyl (C=O) groups excluding carboxylic acids is 2. The van der Waals surface area contributed by atoms with E-state index in [2.05, 4.69) is 10.3 Å². The molecule has 1 aromatic heterocycles. The molecule has 2 amide bonds. The van der Waals surface area contributed by atoms with Crippen LogP contribution in [0.3, 0.4) is 0 Å². The Labute approximate surface area is 151 Å². The van der Waals surface area contributed by atoms with Crippen molar-refractivity contribution in [2.75, 3.05) is 13.6 Å². The fourth-order valence-electron chi connectivity index (χ4n) is 1.98. The highest BCUT2D eigenvalue weighted by molar-refractivity contribution is 6.30. The minimum absolute atomic E-state index is 0.0384. The summed E-state index contributed by atoms with van der Waals surface area (Å²) in [5, 5.41) is 4.62. The number of halogens is 4. The van der Waals surface area contributed by atoms with Crippen molar-refractivity contribution >= 4 is 23.4 Å². The van der Waals surface area contributed by atoms with Crippen molar-refractivity contribution in [3.05, 3.63) is 52.3 Å². The van der Waals surface area contributed by atoms with Crippen LogP contribution in [0.25, 0.3) is 0 Å². The minimum atomic E-state index is -4.54. The third-order valence-electron chi connectivity index (χ3n) is 3.24. The quantitative estimate of drug-likeness (QED) is 0.710. The van der Waals surface area contributed by atoms with E-state index in [0.29, 0.717) is 5.02 Å². The van der Waals surface area contributed by atoms with Gasteiger partial charge in [-0.15, -0.1) is 0 Å². The summed E-state index contributed by atoms with van der Waals surface area (Å²) in [7, 11) is 1.37. The van der Waals surface area contributed by atoms with E-state index in [-0.39, 0.29) is 23.7 Å². The molecule has 26 heavy (non-hydrogen) atoms. The molecular formula is C16H15ClF3N3O3. The number of aromatic amines is 1. The zero-order valence-corrected chi connectivity index (χ0v) is 14.3. The Kier molecular flexibility index (Phi) is 6.14. The summed E-state index contributed by atoms with van der Waals surface area (Å²) < 4.78 is 42.2. The molecule has 0 aliphatic rings. The molecule has 0 saturated heterocycles. The van der Waals surface area contributed by atoms with Crippen molar-refractivity contribution in [3.8, 4) is 5.75 Å². The van der Waals surface area contributed by atoms with Gasteiger partial charge in [-0.05, 0) is 17.7 Å². The zero-order chi connectivity index (χ0) is 19.3. The van der Waals surface area contributed by atoms with E-state index >= 15 is 0 Å². The zero-order valence-electron chi connectivity index (χ0n) is 13.5. The number of H-pyrrole nitrogens is 1. The first kappa shape index (κ1) is 19.6. The molecule has 0 atom stereocenters. The van der Waals surface area contributed by atoms with Crippen molar-refractivity contribution in [1.29, 1.82) is 0 Å². The molecule has 3 N–H and O–H groups in total. The molecule has 10 heteroatoms. The van der Waals surface area contributed by atoms with Crippen LogP contribution in [-0.2, 0) is 6.61 Å². The smallest absolute Gasteiger partial charge is 0.405 e. The van der Waals surface area contributed by atoms with Crippen LogP contribution < -0.4 is 15.4 Å². The lowest BCUT2D eigenvalue weighted by Crippen LogP contribution is -2.34. The Hall–Kier alpha value is -2.68. The highest BCUT2D eigenvalue weighted by Crippen LogP contribution is 2.22. The van der Waals surface area contributed by atoms with Gasteiger partial charge < -0.3 is 20.4 Å².